The molecule has 1 atom stereocenters. The average Bonchev–Trinajstić information content (AvgIpc) is 2.85. The molecule has 98 valence electrons. The number of hydrogen-bond acceptors (Lipinski definition) is 5. The van der Waals surface area contributed by atoms with E-state index in [0.717, 1.165) is 0 Å². The summed E-state index contributed by atoms with van der Waals surface area (Å²) in [6.45, 7) is 6.27. The second-order valence-corrected chi connectivity index (χ2v) is 5.30. The molecule has 0 spiro atoms. The Morgan fingerprint density at radius 2 is 2.22 bits per heavy atom. The third-order valence-corrected chi connectivity index (χ3v) is 2.89. The number of aromatic amines is 1. The number of hydrogen-bond donors (Lipinski definition) is 2. The van der Waals surface area contributed by atoms with Crippen LogP contribution in [0.2, 0.25) is 0 Å². The van der Waals surface area contributed by atoms with E-state index in [1.165, 1.54) is 0 Å². The summed E-state index contributed by atoms with van der Waals surface area (Å²) in [7, 11) is 0. The van der Waals surface area contributed by atoms with Gasteiger partial charge in [-0.25, -0.2) is 0 Å². The number of nitrogens with zero attached hydrogens (tertiary/aromatic N) is 4. The largest absolute Gasteiger partial charge is 0.337 e. The number of likely N-dealkylation sites (tertiary alicyclic amines) is 1. The van der Waals surface area contributed by atoms with Crippen LogP contribution in [-0.2, 0) is 9.59 Å². The van der Waals surface area contributed by atoms with Crippen LogP contribution in [0, 0.1) is 5.92 Å². The monoisotopic (exact) mass is 252 g/mol. The van der Waals surface area contributed by atoms with Crippen molar-refractivity contribution in [3.8, 4) is 0 Å². The Kier molecular flexibility index (Phi) is 3.02. The van der Waals surface area contributed by atoms with Crippen molar-refractivity contribution in [1.82, 2.24) is 25.5 Å². The van der Waals surface area contributed by atoms with Crippen LogP contribution in [0.5, 0.6) is 0 Å². The van der Waals surface area contributed by atoms with Crippen LogP contribution in [0.1, 0.15) is 27.2 Å². The second kappa shape index (κ2) is 4.35. The standard InChI is InChI=1S/C10H16N6O2/c1-10(2,3)16-5-6(4-7(16)17)8(18)11-9-12-14-15-13-9/h6H,4-5H2,1-3H3,(H2,11,12,13,14,15,18). The molecule has 1 aromatic heterocycles. The molecule has 0 aromatic carbocycles. The summed E-state index contributed by atoms with van der Waals surface area (Å²) in [6.07, 6.45) is 0.223. The van der Waals surface area contributed by atoms with Crippen molar-refractivity contribution in [3.63, 3.8) is 0 Å². The van der Waals surface area contributed by atoms with Gasteiger partial charge in [0, 0.05) is 18.5 Å². The molecule has 0 bridgehead atoms. The Labute approximate surface area is 104 Å². The van der Waals surface area contributed by atoms with Crippen LogP contribution in [0.25, 0.3) is 0 Å². The number of carbonyl (C=O) groups excluding carboxylic acids is 2. The number of H-pyrrole nitrogens is 1. The molecule has 1 aromatic rings. The SMILES string of the molecule is CC(C)(C)N1CC(C(=O)Nc2nn[nH]n2)CC1=O. The van der Waals surface area contributed by atoms with Gasteiger partial charge in [-0.2, -0.15) is 5.21 Å². The van der Waals surface area contributed by atoms with Crippen molar-refractivity contribution in [2.45, 2.75) is 32.7 Å². The van der Waals surface area contributed by atoms with Crippen molar-refractivity contribution in [2.24, 2.45) is 5.92 Å². The van der Waals surface area contributed by atoms with Gasteiger partial charge >= 0.3 is 0 Å². The molecule has 1 fully saturated rings. The first-order chi connectivity index (χ1) is 8.38. The van der Waals surface area contributed by atoms with Gasteiger partial charge in [0.25, 0.3) is 5.95 Å². The number of amides is 2. The first-order valence-electron chi connectivity index (χ1n) is 5.72. The highest BCUT2D eigenvalue weighted by atomic mass is 16.2. The molecule has 8 nitrogen and oxygen atoms in total. The number of rotatable bonds is 2. The smallest absolute Gasteiger partial charge is 0.269 e. The second-order valence-electron chi connectivity index (χ2n) is 5.30. The summed E-state index contributed by atoms with van der Waals surface area (Å²) in [6, 6.07) is 0. The molecule has 1 unspecified atom stereocenters. The Morgan fingerprint density at radius 1 is 1.50 bits per heavy atom. The van der Waals surface area contributed by atoms with Crippen molar-refractivity contribution >= 4 is 17.8 Å². The number of anilines is 1. The molecular weight excluding hydrogens is 236 g/mol. The molecule has 0 saturated carbocycles. The van der Waals surface area contributed by atoms with Crippen LogP contribution in [0.4, 0.5) is 5.95 Å². The van der Waals surface area contributed by atoms with Gasteiger partial charge in [-0.15, -0.1) is 5.10 Å². The predicted molar refractivity (Wildman–Crippen MR) is 62.4 cm³/mol. The van der Waals surface area contributed by atoms with Crippen molar-refractivity contribution in [2.75, 3.05) is 11.9 Å². The van der Waals surface area contributed by atoms with Crippen molar-refractivity contribution in [3.05, 3.63) is 0 Å². The fourth-order valence-corrected chi connectivity index (χ4v) is 1.96. The maximum Gasteiger partial charge on any atom is 0.269 e. The van der Waals surface area contributed by atoms with E-state index < -0.39 is 0 Å². The van der Waals surface area contributed by atoms with E-state index in [2.05, 4.69) is 25.9 Å². The molecular formula is C10H16N6O2. The summed E-state index contributed by atoms with van der Waals surface area (Å²) in [5.41, 5.74) is -0.266. The van der Waals surface area contributed by atoms with Crippen molar-refractivity contribution in [1.29, 1.82) is 0 Å². The van der Waals surface area contributed by atoms with Gasteiger partial charge in [-0.1, -0.05) is 5.10 Å². The predicted octanol–water partition coefficient (Wildman–Crippen LogP) is -0.215. The molecule has 2 amide bonds. The van der Waals surface area contributed by atoms with E-state index in [1.54, 1.807) is 4.90 Å². The zero-order chi connectivity index (χ0) is 13.3. The summed E-state index contributed by atoms with van der Waals surface area (Å²) >= 11 is 0. The topological polar surface area (TPSA) is 104 Å². The molecule has 1 saturated heterocycles. The molecule has 8 heteroatoms. The van der Waals surface area contributed by atoms with Gasteiger partial charge in [0.15, 0.2) is 0 Å². The third kappa shape index (κ3) is 2.47. The summed E-state index contributed by atoms with van der Waals surface area (Å²) in [5, 5.41) is 15.4. The molecule has 0 radical (unpaired) electrons. The molecule has 2 rings (SSSR count). The Morgan fingerprint density at radius 3 is 2.72 bits per heavy atom. The van der Waals surface area contributed by atoms with E-state index in [4.69, 9.17) is 0 Å². The average molecular weight is 252 g/mol. The maximum atomic E-state index is 11.9. The van der Waals surface area contributed by atoms with E-state index in [0.29, 0.717) is 6.54 Å². The van der Waals surface area contributed by atoms with Gasteiger partial charge < -0.3 is 4.90 Å². The van der Waals surface area contributed by atoms with Crippen LogP contribution in [0.3, 0.4) is 0 Å². The maximum absolute atomic E-state index is 11.9. The van der Waals surface area contributed by atoms with Crippen LogP contribution < -0.4 is 5.32 Å². The summed E-state index contributed by atoms with van der Waals surface area (Å²) in [4.78, 5) is 25.5. The minimum Gasteiger partial charge on any atom is -0.337 e. The first kappa shape index (κ1) is 12.5. The van der Waals surface area contributed by atoms with Gasteiger partial charge in [-0.3, -0.25) is 14.9 Å². The fourth-order valence-electron chi connectivity index (χ4n) is 1.96. The summed E-state index contributed by atoms with van der Waals surface area (Å²) in [5.74, 6) is -0.496. The highest BCUT2D eigenvalue weighted by molar-refractivity contribution is 5.96. The summed E-state index contributed by atoms with van der Waals surface area (Å²) < 4.78 is 0. The lowest BCUT2D eigenvalue weighted by atomic mass is 10.1. The first-order valence-corrected chi connectivity index (χ1v) is 5.72. The molecule has 18 heavy (non-hydrogen) atoms. The zero-order valence-corrected chi connectivity index (χ0v) is 10.6. The number of carbonyl (C=O) groups is 2. The lowest BCUT2D eigenvalue weighted by molar-refractivity contribution is -0.131. The molecule has 1 aliphatic rings. The number of tetrazole rings is 1. The quantitative estimate of drug-likeness (QED) is 0.757. The minimum absolute atomic E-state index is 0.00392. The minimum atomic E-state index is -0.366. The van der Waals surface area contributed by atoms with Crippen LogP contribution in [0.15, 0.2) is 0 Å². The highest BCUT2D eigenvalue weighted by Gasteiger charge is 2.39. The van der Waals surface area contributed by atoms with Gasteiger partial charge in [0.2, 0.25) is 11.8 Å². The number of nitrogens with one attached hydrogen (secondary N) is 2. The van der Waals surface area contributed by atoms with Gasteiger partial charge in [0.1, 0.15) is 0 Å². The normalized spacial score (nSPS) is 20.3. The van der Waals surface area contributed by atoms with Crippen LogP contribution in [-0.4, -0.2) is 49.4 Å². The lowest BCUT2D eigenvalue weighted by Gasteiger charge is -2.31. The van der Waals surface area contributed by atoms with E-state index in [9.17, 15) is 9.59 Å². The molecule has 0 aliphatic carbocycles. The Balaban J connectivity index is 2.00. The van der Waals surface area contributed by atoms with Gasteiger partial charge in [0.05, 0.1) is 5.92 Å². The van der Waals surface area contributed by atoms with Crippen molar-refractivity contribution < 1.29 is 9.59 Å². The molecule has 2 N–H and O–H groups in total. The third-order valence-electron chi connectivity index (χ3n) is 2.89. The van der Waals surface area contributed by atoms with Crippen LogP contribution >= 0.6 is 0 Å². The lowest BCUT2D eigenvalue weighted by Crippen LogP contribution is -2.42. The zero-order valence-electron chi connectivity index (χ0n) is 10.6. The fraction of sp³-hybridized carbons (Fsp3) is 0.700. The Hall–Kier alpha value is -1.99. The van der Waals surface area contributed by atoms with E-state index >= 15 is 0 Å². The van der Waals surface area contributed by atoms with E-state index in [1.807, 2.05) is 20.8 Å². The Bertz CT molecular complexity index is 449. The highest BCUT2D eigenvalue weighted by Crippen LogP contribution is 2.26. The van der Waals surface area contributed by atoms with E-state index in [-0.39, 0.29) is 35.6 Å². The number of aromatic nitrogens is 4. The molecule has 2 heterocycles. The van der Waals surface area contributed by atoms with Gasteiger partial charge in [-0.05, 0) is 26.0 Å². The molecule has 1 aliphatic heterocycles.